The van der Waals surface area contributed by atoms with Crippen molar-refractivity contribution in [3.05, 3.63) is 94.0 Å². The number of rotatable bonds is 9. The number of hydrogen-bond acceptors (Lipinski definition) is 5. The SMILES string of the molecule is CCc1ccc(-n2c(C(CC)N(CCC(C)C)C(=O)c3ccc4c(c3)OCO4)nc3ccccc3c2=O)cc1. The Morgan fingerprint density at radius 2 is 1.74 bits per heavy atom. The monoisotopic (exact) mass is 525 g/mol. The first-order chi connectivity index (χ1) is 18.9. The van der Waals surface area contributed by atoms with Crippen LogP contribution in [0.3, 0.4) is 0 Å². The molecule has 0 spiro atoms. The van der Waals surface area contributed by atoms with Crippen molar-refractivity contribution < 1.29 is 14.3 Å². The fourth-order valence-electron chi connectivity index (χ4n) is 5.04. The maximum absolute atomic E-state index is 14.1. The molecule has 3 aromatic carbocycles. The summed E-state index contributed by atoms with van der Waals surface area (Å²) in [5.74, 6) is 2.02. The molecule has 7 nitrogen and oxygen atoms in total. The van der Waals surface area contributed by atoms with Gasteiger partial charge in [-0.2, -0.15) is 0 Å². The van der Waals surface area contributed by atoms with Crippen LogP contribution in [0.5, 0.6) is 11.5 Å². The van der Waals surface area contributed by atoms with Crippen molar-refractivity contribution in [1.29, 1.82) is 0 Å². The quantitative estimate of drug-likeness (QED) is 0.256. The summed E-state index contributed by atoms with van der Waals surface area (Å²) < 4.78 is 12.7. The molecular weight excluding hydrogens is 490 g/mol. The van der Waals surface area contributed by atoms with E-state index < -0.39 is 6.04 Å². The van der Waals surface area contributed by atoms with Crippen molar-refractivity contribution in [1.82, 2.24) is 14.5 Å². The van der Waals surface area contributed by atoms with E-state index in [4.69, 9.17) is 14.5 Å². The average Bonchev–Trinajstić information content (AvgIpc) is 3.43. The van der Waals surface area contributed by atoms with Gasteiger partial charge < -0.3 is 14.4 Å². The zero-order valence-corrected chi connectivity index (χ0v) is 23.0. The summed E-state index contributed by atoms with van der Waals surface area (Å²) in [7, 11) is 0. The number of hydrogen-bond donors (Lipinski definition) is 0. The molecule has 5 rings (SSSR count). The number of aromatic nitrogens is 2. The average molecular weight is 526 g/mol. The van der Waals surface area contributed by atoms with E-state index in [2.05, 4.69) is 20.8 Å². The van der Waals surface area contributed by atoms with E-state index >= 15 is 0 Å². The largest absolute Gasteiger partial charge is 0.454 e. The van der Waals surface area contributed by atoms with Gasteiger partial charge in [0.1, 0.15) is 5.82 Å². The van der Waals surface area contributed by atoms with Crippen molar-refractivity contribution in [2.24, 2.45) is 5.92 Å². The van der Waals surface area contributed by atoms with Gasteiger partial charge in [0.15, 0.2) is 11.5 Å². The molecule has 0 bridgehead atoms. The highest BCUT2D eigenvalue weighted by molar-refractivity contribution is 5.95. The van der Waals surface area contributed by atoms with E-state index in [0.717, 1.165) is 18.5 Å². The first-order valence-corrected chi connectivity index (χ1v) is 13.7. The van der Waals surface area contributed by atoms with Crippen LogP contribution in [0.2, 0.25) is 0 Å². The number of carbonyl (C=O) groups is 1. The summed E-state index contributed by atoms with van der Waals surface area (Å²) in [5.41, 5.74) is 2.92. The Labute approximate surface area is 229 Å². The fraction of sp³-hybridized carbons (Fsp3) is 0.344. The highest BCUT2D eigenvalue weighted by Gasteiger charge is 2.30. The minimum absolute atomic E-state index is 0.129. The number of aryl methyl sites for hydroxylation is 1. The highest BCUT2D eigenvalue weighted by atomic mass is 16.7. The smallest absolute Gasteiger partial charge is 0.266 e. The van der Waals surface area contributed by atoms with Gasteiger partial charge in [0.25, 0.3) is 11.5 Å². The molecule has 0 fully saturated rings. The maximum Gasteiger partial charge on any atom is 0.266 e. The van der Waals surface area contributed by atoms with Crippen molar-refractivity contribution in [3.63, 3.8) is 0 Å². The molecule has 1 aliphatic rings. The Kier molecular flexibility index (Phi) is 7.68. The first-order valence-electron chi connectivity index (χ1n) is 13.7. The van der Waals surface area contributed by atoms with Crippen LogP contribution in [0.25, 0.3) is 16.6 Å². The van der Waals surface area contributed by atoms with Crippen molar-refractivity contribution in [2.75, 3.05) is 13.3 Å². The lowest BCUT2D eigenvalue weighted by Gasteiger charge is -2.33. The van der Waals surface area contributed by atoms with Crippen LogP contribution in [-0.2, 0) is 6.42 Å². The number of carbonyl (C=O) groups excluding carboxylic acids is 1. The van der Waals surface area contributed by atoms with Crippen molar-refractivity contribution in [2.45, 2.75) is 53.0 Å². The fourth-order valence-corrected chi connectivity index (χ4v) is 5.04. The molecule has 1 amide bonds. The molecule has 0 N–H and O–H groups in total. The summed E-state index contributed by atoms with van der Waals surface area (Å²) >= 11 is 0. The molecule has 202 valence electrons. The summed E-state index contributed by atoms with van der Waals surface area (Å²) in [6, 6.07) is 20.3. The van der Waals surface area contributed by atoms with Gasteiger partial charge in [-0.1, -0.05) is 52.0 Å². The zero-order valence-electron chi connectivity index (χ0n) is 23.0. The summed E-state index contributed by atoms with van der Waals surface area (Å²) in [6.45, 7) is 9.09. The van der Waals surface area contributed by atoms with Crippen LogP contribution in [0.15, 0.2) is 71.5 Å². The van der Waals surface area contributed by atoms with E-state index in [9.17, 15) is 9.59 Å². The lowest BCUT2D eigenvalue weighted by molar-refractivity contribution is 0.0648. The Balaban J connectivity index is 1.67. The van der Waals surface area contributed by atoms with Gasteiger partial charge in [-0.25, -0.2) is 4.98 Å². The normalized spacial score (nSPS) is 13.2. The van der Waals surface area contributed by atoms with Gasteiger partial charge in [0, 0.05) is 12.1 Å². The van der Waals surface area contributed by atoms with Gasteiger partial charge in [-0.3, -0.25) is 14.2 Å². The third-order valence-electron chi connectivity index (χ3n) is 7.29. The van der Waals surface area contributed by atoms with Gasteiger partial charge in [-0.05, 0) is 73.2 Å². The van der Waals surface area contributed by atoms with Crippen LogP contribution >= 0.6 is 0 Å². The van der Waals surface area contributed by atoms with Gasteiger partial charge in [-0.15, -0.1) is 0 Å². The zero-order chi connectivity index (χ0) is 27.5. The van der Waals surface area contributed by atoms with Crippen LogP contribution in [0.1, 0.15) is 68.3 Å². The molecular formula is C32H35N3O4. The highest BCUT2D eigenvalue weighted by Crippen LogP contribution is 2.34. The third-order valence-corrected chi connectivity index (χ3v) is 7.29. The van der Waals surface area contributed by atoms with E-state index in [0.29, 0.717) is 52.7 Å². The second-order valence-electron chi connectivity index (χ2n) is 10.3. The van der Waals surface area contributed by atoms with Crippen LogP contribution in [0.4, 0.5) is 0 Å². The minimum Gasteiger partial charge on any atom is -0.454 e. The first kappa shape index (κ1) is 26.5. The second-order valence-corrected chi connectivity index (χ2v) is 10.3. The standard InChI is InChI=1S/C32H35N3O4/c1-5-22-11-14-24(15-12-22)35-30(33-26-10-8-7-9-25(26)32(35)37)27(6-2)34(18-17-21(3)4)31(36)23-13-16-28-29(19-23)39-20-38-28/h7-16,19,21,27H,5-6,17-18,20H2,1-4H3. The van der Waals surface area contributed by atoms with E-state index in [-0.39, 0.29) is 18.3 Å². The number of para-hydroxylation sites is 1. The van der Waals surface area contributed by atoms with E-state index in [1.165, 1.54) is 5.56 Å². The Hall–Kier alpha value is -4.13. The molecule has 1 aliphatic heterocycles. The van der Waals surface area contributed by atoms with Crippen molar-refractivity contribution >= 4 is 16.8 Å². The van der Waals surface area contributed by atoms with Crippen LogP contribution < -0.4 is 15.0 Å². The molecule has 39 heavy (non-hydrogen) atoms. The number of ether oxygens (including phenoxy) is 2. The van der Waals surface area contributed by atoms with Crippen LogP contribution in [-0.4, -0.2) is 33.7 Å². The van der Waals surface area contributed by atoms with E-state index in [1.807, 2.05) is 54.3 Å². The Morgan fingerprint density at radius 1 is 1.00 bits per heavy atom. The number of fused-ring (bicyclic) bond motifs is 2. The summed E-state index contributed by atoms with van der Waals surface area (Å²) in [5, 5.41) is 0.548. The molecule has 0 saturated heterocycles. The third kappa shape index (κ3) is 5.26. The predicted molar refractivity (Wildman–Crippen MR) is 153 cm³/mol. The van der Waals surface area contributed by atoms with E-state index in [1.54, 1.807) is 28.8 Å². The molecule has 2 heterocycles. The molecule has 7 heteroatoms. The summed E-state index contributed by atoms with van der Waals surface area (Å²) in [4.78, 5) is 35.0. The molecule has 1 unspecified atom stereocenters. The number of amides is 1. The summed E-state index contributed by atoms with van der Waals surface area (Å²) in [6.07, 6.45) is 2.31. The van der Waals surface area contributed by atoms with Gasteiger partial charge in [0.2, 0.25) is 6.79 Å². The van der Waals surface area contributed by atoms with Crippen molar-refractivity contribution in [3.8, 4) is 17.2 Å². The number of benzene rings is 3. The van der Waals surface area contributed by atoms with Crippen LogP contribution in [0, 0.1) is 5.92 Å². The van der Waals surface area contributed by atoms with Gasteiger partial charge in [0.05, 0.1) is 22.6 Å². The second kappa shape index (κ2) is 11.3. The Morgan fingerprint density at radius 3 is 2.46 bits per heavy atom. The predicted octanol–water partition coefficient (Wildman–Crippen LogP) is 6.32. The topological polar surface area (TPSA) is 73.7 Å². The maximum atomic E-state index is 14.1. The Bertz CT molecular complexity index is 1540. The number of nitrogens with zero attached hydrogens (tertiary/aromatic N) is 3. The molecule has 1 atom stereocenters. The lowest BCUT2D eigenvalue weighted by atomic mass is 10.0. The molecule has 4 aromatic rings. The molecule has 0 aliphatic carbocycles. The lowest BCUT2D eigenvalue weighted by Crippen LogP contribution is -2.39. The molecule has 0 saturated carbocycles. The molecule has 0 radical (unpaired) electrons. The minimum atomic E-state index is -0.426. The van der Waals surface area contributed by atoms with Gasteiger partial charge >= 0.3 is 0 Å². The molecule has 1 aromatic heterocycles.